The van der Waals surface area contributed by atoms with E-state index in [0.29, 0.717) is 46.3 Å². The van der Waals surface area contributed by atoms with Gasteiger partial charge in [0, 0.05) is 30.1 Å². The summed E-state index contributed by atoms with van der Waals surface area (Å²) in [5.41, 5.74) is 0.670. The van der Waals surface area contributed by atoms with Gasteiger partial charge in [-0.25, -0.2) is 4.98 Å². The molecule has 8 nitrogen and oxygen atoms in total. The highest BCUT2D eigenvalue weighted by molar-refractivity contribution is 5.65. The molecule has 0 atom stereocenters. The van der Waals surface area contributed by atoms with Gasteiger partial charge in [-0.2, -0.15) is 4.98 Å². The zero-order chi connectivity index (χ0) is 19.9. The predicted molar refractivity (Wildman–Crippen MR) is 104 cm³/mol. The van der Waals surface area contributed by atoms with Crippen LogP contribution in [0, 0.1) is 0 Å². The van der Waals surface area contributed by atoms with Gasteiger partial charge in [-0.3, -0.25) is 0 Å². The molecular formula is C20H21N3O5. The lowest BCUT2D eigenvalue weighted by Crippen LogP contribution is -2.01. The second-order valence-corrected chi connectivity index (χ2v) is 5.51. The zero-order valence-corrected chi connectivity index (χ0v) is 16.1. The minimum absolute atomic E-state index is 0.349. The van der Waals surface area contributed by atoms with E-state index in [4.69, 9.17) is 23.7 Å². The van der Waals surface area contributed by atoms with E-state index >= 15 is 0 Å². The number of hydrogen-bond donors (Lipinski definition) is 1. The van der Waals surface area contributed by atoms with Crippen LogP contribution in [0.1, 0.15) is 0 Å². The molecule has 0 fully saturated rings. The van der Waals surface area contributed by atoms with Crippen LogP contribution in [-0.4, -0.2) is 38.4 Å². The minimum Gasteiger partial charge on any atom is -0.493 e. The Balaban J connectivity index is 1.85. The van der Waals surface area contributed by atoms with Crippen LogP contribution in [0.15, 0.2) is 48.7 Å². The molecule has 0 bridgehead atoms. The Morgan fingerprint density at radius 1 is 0.750 bits per heavy atom. The maximum atomic E-state index is 5.82. The second-order valence-electron chi connectivity index (χ2n) is 5.51. The number of para-hydroxylation sites is 2. The van der Waals surface area contributed by atoms with Crippen LogP contribution in [0.5, 0.6) is 34.6 Å². The molecule has 1 heterocycles. The minimum atomic E-state index is 0.349. The molecular weight excluding hydrogens is 362 g/mol. The van der Waals surface area contributed by atoms with Crippen molar-refractivity contribution in [1.29, 1.82) is 0 Å². The highest BCUT2D eigenvalue weighted by Crippen LogP contribution is 2.40. The first-order chi connectivity index (χ1) is 13.7. The third-order valence-electron chi connectivity index (χ3n) is 3.83. The van der Waals surface area contributed by atoms with Gasteiger partial charge >= 0.3 is 0 Å². The summed E-state index contributed by atoms with van der Waals surface area (Å²) < 4.78 is 27.2. The number of hydrogen-bond acceptors (Lipinski definition) is 8. The first-order valence-electron chi connectivity index (χ1n) is 8.39. The number of benzene rings is 2. The maximum Gasteiger partial charge on any atom is 0.230 e. The summed E-state index contributed by atoms with van der Waals surface area (Å²) in [5.74, 6) is 3.43. The van der Waals surface area contributed by atoms with E-state index in [2.05, 4.69) is 15.3 Å². The van der Waals surface area contributed by atoms with Crippen molar-refractivity contribution in [2.24, 2.45) is 0 Å². The molecule has 0 aliphatic rings. The van der Waals surface area contributed by atoms with Crippen molar-refractivity contribution in [2.45, 2.75) is 0 Å². The summed E-state index contributed by atoms with van der Waals surface area (Å²) in [5, 5.41) is 3.11. The van der Waals surface area contributed by atoms with Gasteiger partial charge in [0.25, 0.3) is 0 Å². The average Bonchev–Trinajstić information content (AvgIpc) is 2.73. The van der Waals surface area contributed by atoms with Gasteiger partial charge in [-0.1, -0.05) is 12.1 Å². The number of nitrogens with zero attached hydrogens (tertiary/aromatic N) is 2. The van der Waals surface area contributed by atoms with Gasteiger partial charge in [0.1, 0.15) is 0 Å². The summed E-state index contributed by atoms with van der Waals surface area (Å²) in [6.07, 6.45) is 1.60. The second kappa shape index (κ2) is 8.81. The Bertz CT molecular complexity index is 924. The Kier molecular flexibility index (Phi) is 6.01. The third kappa shape index (κ3) is 4.17. The lowest BCUT2D eigenvalue weighted by Gasteiger charge is -2.15. The molecule has 0 saturated carbocycles. The largest absolute Gasteiger partial charge is 0.493 e. The van der Waals surface area contributed by atoms with E-state index in [0.717, 1.165) is 0 Å². The standard InChI is InChI=1S/C20H21N3O5/c1-24-14-7-5-6-8-15(14)28-18-9-10-21-20(23-18)22-13-11-16(25-2)19(27-4)17(12-13)26-3/h5-12H,1-4H3,(H,21,22,23). The molecule has 3 rings (SSSR count). The number of anilines is 2. The van der Waals surface area contributed by atoms with E-state index in [9.17, 15) is 0 Å². The molecule has 0 spiro atoms. The molecule has 0 amide bonds. The van der Waals surface area contributed by atoms with E-state index in [1.54, 1.807) is 58.9 Å². The van der Waals surface area contributed by atoms with Crippen molar-refractivity contribution in [2.75, 3.05) is 33.8 Å². The van der Waals surface area contributed by atoms with E-state index in [1.165, 1.54) is 0 Å². The lowest BCUT2D eigenvalue weighted by atomic mass is 10.2. The summed E-state index contributed by atoms with van der Waals surface area (Å²) in [4.78, 5) is 8.61. The van der Waals surface area contributed by atoms with Crippen molar-refractivity contribution in [3.63, 3.8) is 0 Å². The fourth-order valence-electron chi connectivity index (χ4n) is 2.56. The normalized spacial score (nSPS) is 10.1. The Morgan fingerprint density at radius 2 is 1.39 bits per heavy atom. The molecule has 2 aromatic carbocycles. The van der Waals surface area contributed by atoms with Crippen molar-refractivity contribution in [3.8, 4) is 34.6 Å². The number of methoxy groups -OCH3 is 4. The van der Waals surface area contributed by atoms with Crippen LogP contribution >= 0.6 is 0 Å². The van der Waals surface area contributed by atoms with Crippen LogP contribution in [-0.2, 0) is 0 Å². The highest BCUT2D eigenvalue weighted by Gasteiger charge is 2.14. The SMILES string of the molecule is COc1ccccc1Oc1ccnc(Nc2cc(OC)c(OC)c(OC)c2)n1. The predicted octanol–water partition coefficient (Wildman–Crippen LogP) is 4.05. The summed E-state index contributed by atoms with van der Waals surface area (Å²) >= 11 is 0. The average molecular weight is 383 g/mol. The van der Waals surface area contributed by atoms with Gasteiger partial charge in [0.15, 0.2) is 23.0 Å². The molecule has 1 aromatic heterocycles. The van der Waals surface area contributed by atoms with Crippen molar-refractivity contribution in [3.05, 3.63) is 48.7 Å². The van der Waals surface area contributed by atoms with Gasteiger partial charge < -0.3 is 29.0 Å². The highest BCUT2D eigenvalue weighted by atomic mass is 16.5. The Labute approximate surface area is 163 Å². The molecule has 0 radical (unpaired) electrons. The fraction of sp³-hybridized carbons (Fsp3) is 0.200. The number of ether oxygens (including phenoxy) is 5. The molecule has 3 aromatic rings. The number of nitrogens with one attached hydrogen (secondary N) is 1. The maximum absolute atomic E-state index is 5.82. The van der Waals surface area contributed by atoms with Gasteiger partial charge in [-0.05, 0) is 12.1 Å². The summed E-state index contributed by atoms with van der Waals surface area (Å²) in [6.45, 7) is 0. The van der Waals surface area contributed by atoms with E-state index < -0.39 is 0 Å². The van der Waals surface area contributed by atoms with Crippen LogP contribution in [0.3, 0.4) is 0 Å². The Morgan fingerprint density at radius 3 is 2.00 bits per heavy atom. The first kappa shape index (κ1) is 19.1. The van der Waals surface area contributed by atoms with Gasteiger partial charge in [0.05, 0.1) is 28.4 Å². The van der Waals surface area contributed by atoms with E-state index in [1.807, 2.05) is 18.2 Å². The molecule has 0 aliphatic carbocycles. The van der Waals surface area contributed by atoms with Crippen molar-refractivity contribution in [1.82, 2.24) is 9.97 Å². The number of aromatic nitrogens is 2. The van der Waals surface area contributed by atoms with Crippen LogP contribution in [0.4, 0.5) is 11.6 Å². The van der Waals surface area contributed by atoms with E-state index in [-0.39, 0.29) is 0 Å². The Hall–Kier alpha value is -3.68. The van der Waals surface area contributed by atoms with Crippen molar-refractivity contribution < 1.29 is 23.7 Å². The molecule has 0 unspecified atom stereocenters. The van der Waals surface area contributed by atoms with Crippen molar-refractivity contribution >= 4 is 11.6 Å². The first-order valence-corrected chi connectivity index (χ1v) is 8.39. The fourth-order valence-corrected chi connectivity index (χ4v) is 2.56. The molecule has 0 aliphatic heterocycles. The third-order valence-corrected chi connectivity index (χ3v) is 3.83. The smallest absolute Gasteiger partial charge is 0.230 e. The molecule has 146 valence electrons. The summed E-state index contributed by atoms with van der Waals surface area (Å²) in [6, 6.07) is 12.5. The molecule has 1 N–H and O–H groups in total. The number of rotatable bonds is 8. The zero-order valence-electron chi connectivity index (χ0n) is 16.1. The monoisotopic (exact) mass is 383 g/mol. The molecule has 8 heteroatoms. The summed E-state index contributed by atoms with van der Waals surface area (Å²) in [7, 11) is 6.24. The van der Waals surface area contributed by atoms with Gasteiger partial charge in [-0.15, -0.1) is 0 Å². The van der Waals surface area contributed by atoms with Gasteiger partial charge in [0.2, 0.25) is 17.6 Å². The van der Waals surface area contributed by atoms with Crippen LogP contribution in [0.2, 0.25) is 0 Å². The molecule has 0 saturated heterocycles. The molecule has 28 heavy (non-hydrogen) atoms. The topological polar surface area (TPSA) is 84.0 Å². The van der Waals surface area contributed by atoms with Crippen LogP contribution in [0.25, 0.3) is 0 Å². The lowest BCUT2D eigenvalue weighted by molar-refractivity contribution is 0.324. The van der Waals surface area contributed by atoms with Crippen LogP contribution < -0.4 is 29.0 Å². The quantitative estimate of drug-likeness (QED) is 0.624.